The summed E-state index contributed by atoms with van der Waals surface area (Å²) in [5.41, 5.74) is 5.80. The molecule has 5 nitrogen and oxygen atoms in total. The van der Waals surface area contributed by atoms with E-state index in [0.29, 0.717) is 12.1 Å². The molecule has 0 radical (unpaired) electrons. The molecule has 1 aliphatic heterocycles. The first kappa shape index (κ1) is 18.0. The summed E-state index contributed by atoms with van der Waals surface area (Å²) in [4.78, 5) is 16.9. The molecule has 3 N–H and O–H groups in total. The SMILES string of the molecule is CC1(C)CNc2cc(NC(=O)c3ccccc3NCc3ccncc3)ccc21. The Morgan fingerprint density at radius 2 is 1.89 bits per heavy atom. The molecule has 0 spiro atoms. The summed E-state index contributed by atoms with van der Waals surface area (Å²) >= 11 is 0. The Balaban J connectivity index is 1.50. The predicted molar refractivity (Wildman–Crippen MR) is 114 cm³/mol. The van der Waals surface area contributed by atoms with Crippen molar-refractivity contribution in [2.45, 2.75) is 25.8 Å². The molecule has 0 saturated carbocycles. The van der Waals surface area contributed by atoms with Crippen LogP contribution < -0.4 is 16.0 Å². The van der Waals surface area contributed by atoms with Crippen LogP contribution in [0.3, 0.4) is 0 Å². The van der Waals surface area contributed by atoms with Crippen LogP contribution >= 0.6 is 0 Å². The number of nitrogens with one attached hydrogen (secondary N) is 3. The summed E-state index contributed by atoms with van der Waals surface area (Å²) in [6, 6.07) is 17.5. The van der Waals surface area contributed by atoms with Crippen LogP contribution in [0.1, 0.15) is 35.3 Å². The lowest BCUT2D eigenvalue weighted by atomic mass is 9.87. The van der Waals surface area contributed by atoms with E-state index in [4.69, 9.17) is 0 Å². The summed E-state index contributed by atoms with van der Waals surface area (Å²) in [6.07, 6.45) is 3.53. The fourth-order valence-corrected chi connectivity index (χ4v) is 3.50. The normalized spacial score (nSPS) is 14.1. The topological polar surface area (TPSA) is 66.0 Å². The van der Waals surface area contributed by atoms with Crippen LogP contribution in [0.4, 0.5) is 17.1 Å². The van der Waals surface area contributed by atoms with E-state index in [0.717, 1.165) is 29.2 Å². The van der Waals surface area contributed by atoms with Crippen LogP contribution in [0.2, 0.25) is 0 Å². The molecule has 2 heterocycles. The van der Waals surface area contributed by atoms with Gasteiger partial charge in [-0.1, -0.05) is 32.0 Å². The number of para-hydroxylation sites is 1. The Bertz CT molecular complexity index is 998. The molecular formula is C23H24N4O. The highest BCUT2D eigenvalue weighted by Gasteiger charge is 2.29. The fourth-order valence-electron chi connectivity index (χ4n) is 3.50. The largest absolute Gasteiger partial charge is 0.384 e. The van der Waals surface area contributed by atoms with Gasteiger partial charge in [-0.25, -0.2) is 0 Å². The summed E-state index contributed by atoms with van der Waals surface area (Å²) < 4.78 is 0. The molecule has 1 aromatic heterocycles. The van der Waals surface area contributed by atoms with Crippen LogP contribution in [-0.4, -0.2) is 17.4 Å². The molecule has 142 valence electrons. The lowest BCUT2D eigenvalue weighted by Crippen LogP contribution is -2.18. The molecule has 28 heavy (non-hydrogen) atoms. The van der Waals surface area contributed by atoms with Gasteiger partial charge in [0.2, 0.25) is 0 Å². The van der Waals surface area contributed by atoms with Gasteiger partial charge in [-0.05, 0) is 47.5 Å². The van der Waals surface area contributed by atoms with Gasteiger partial charge < -0.3 is 16.0 Å². The Hall–Kier alpha value is -3.34. The minimum Gasteiger partial charge on any atom is -0.384 e. The Morgan fingerprint density at radius 1 is 1.11 bits per heavy atom. The highest BCUT2D eigenvalue weighted by molar-refractivity contribution is 6.08. The van der Waals surface area contributed by atoms with Gasteiger partial charge >= 0.3 is 0 Å². The van der Waals surface area contributed by atoms with E-state index in [9.17, 15) is 4.79 Å². The first-order valence-electron chi connectivity index (χ1n) is 9.44. The molecule has 4 rings (SSSR count). The van der Waals surface area contributed by atoms with Gasteiger partial charge in [-0.2, -0.15) is 0 Å². The molecule has 0 fully saturated rings. The van der Waals surface area contributed by atoms with E-state index in [1.54, 1.807) is 12.4 Å². The van der Waals surface area contributed by atoms with Crippen LogP contribution in [0.25, 0.3) is 0 Å². The fraction of sp³-hybridized carbons (Fsp3) is 0.217. The first-order chi connectivity index (χ1) is 13.5. The van der Waals surface area contributed by atoms with Crippen molar-refractivity contribution < 1.29 is 4.79 Å². The lowest BCUT2D eigenvalue weighted by molar-refractivity contribution is 0.102. The maximum Gasteiger partial charge on any atom is 0.257 e. The second-order valence-electron chi connectivity index (χ2n) is 7.71. The third kappa shape index (κ3) is 3.69. The molecular weight excluding hydrogens is 348 g/mol. The molecule has 0 atom stereocenters. The minimum absolute atomic E-state index is 0.112. The molecule has 3 aromatic rings. The number of aromatic nitrogens is 1. The van der Waals surface area contributed by atoms with Crippen molar-refractivity contribution in [3.63, 3.8) is 0 Å². The smallest absolute Gasteiger partial charge is 0.257 e. The van der Waals surface area contributed by atoms with E-state index in [2.05, 4.69) is 40.8 Å². The number of nitrogens with zero attached hydrogens (tertiary/aromatic N) is 1. The molecule has 0 unspecified atom stereocenters. The molecule has 1 aliphatic rings. The lowest BCUT2D eigenvalue weighted by Gasteiger charge is -2.17. The van der Waals surface area contributed by atoms with Gasteiger partial charge in [0.05, 0.1) is 5.56 Å². The van der Waals surface area contributed by atoms with Gasteiger partial charge in [-0.3, -0.25) is 9.78 Å². The summed E-state index contributed by atoms with van der Waals surface area (Å²) in [5.74, 6) is -0.130. The molecule has 5 heteroatoms. The maximum atomic E-state index is 12.9. The van der Waals surface area contributed by atoms with Crippen molar-refractivity contribution in [1.29, 1.82) is 0 Å². The highest BCUT2D eigenvalue weighted by Crippen LogP contribution is 2.37. The monoisotopic (exact) mass is 372 g/mol. The van der Waals surface area contributed by atoms with Crippen molar-refractivity contribution in [2.75, 3.05) is 22.5 Å². The van der Waals surface area contributed by atoms with E-state index >= 15 is 0 Å². The highest BCUT2D eigenvalue weighted by atomic mass is 16.1. The quantitative estimate of drug-likeness (QED) is 0.610. The zero-order chi connectivity index (χ0) is 19.6. The number of fused-ring (bicyclic) bond motifs is 1. The number of pyridine rings is 1. The Kier molecular flexibility index (Phi) is 4.74. The number of benzene rings is 2. The number of amides is 1. The van der Waals surface area contributed by atoms with Crippen molar-refractivity contribution in [3.05, 3.63) is 83.7 Å². The van der Waals surface area contributed by atoms with Gasteiger partial charge in [0.1, 0.15) is 0 Å². The number of anilines is 3. The Labute approximate surface area is 165 Å². The summed E-state index contributed by atoms with van der Waals surface area (Å²) in [5, 5.41) is 9.80. The molecule has 0 aliphatic carbocycles. The molecule has 1 amide bonds. The van der Waals surface area contributed by atoms with Crippen LogP contribution in [0, 0.1) is 0 Å². The summed E-state index contributed by atoms with van der Waals surface area (Å²) in [7, 11) is 0. The number of hydrogen-bond donors (Lipinski definition) is 3. The van der Waals surface area contributed by atoms with Gasteiger partial charge in [0.15, 0.2) is 0 Å². The van der Waals surface area contributed by atoms with Crippen LogP contribution in [0.5, 0.6) is 0 Å². The van der Waals surface area contributed by atoms with E-state index in [1.807, 2.05) is 48.5 Å². The predicted octanol–water partition coefficient (Wildman–Crippen LogP) is 4.65. The molecule has 0 saturated heterocycles. The second-order valence-corrected chi connectivity index (χ2v) is 7.71. The minimum atomic E-state index is -0.130. The van der Waals surface area contributed by atoms with Crippen molar-refractivity contribution in [2.24, 2.45) is 0 Å². The van der Waals surface area contributed by atoms with Crippen LogP contribution in [0.15, 0.2) is 67.0 Å². The second kappa shape index (κ2) is 7.35. The number of hydrogen-bond acceptors (Lipinski definition) is 4. The third-order valence-corrected chi connectivity index (χ3v) is 5.13. The van der Waals surface area contributed by atoms with E-state index < -0.39 is 0 Å². The Morgan fingerprint density at radius 3 is 2.71 bits per heavy atom. The molecule has 2 aromatic carbocycles. The van der Waals surface area contributed by atoms with Crippen molar-refractivity contribution in [1.82, 2.24) is 4.98 Å². The average molecular weight is 372 g/mol. The van der Waals surface area contributed by atoms with Crippen molar-refractivity contribution >= 4 is 23.0 Å². The van der Waals surface area contributed by atoms with Gasteiger partial charge in [-0.15, -0.1) is 0 Å². The average Bonchev–Trinajstić information content (AvgIpc) is 3.01. The first-order valence-corrected chi connectivity index (χ1v) is 9.44. The maximum absolute atomic E-state index is 12.9. The standard InChI is InChI=1S/C23H24N4O/c1-23(2)15-26-21-13-17(7-8-19(21)23)27-22(28)18-5-3-4-6-20(18)25-14-16-9-11-24-12-10-16/h3-13,25-26H,14-15H2,1-2H3,(H,27,28). The molecule has 0 bridgehead atoms. The summed E-state index contributed by atoms with van der Waals surface area (Å²) in [6.45, 7) is 5.97. The zero-order valence-corrected chi connectivity index (χ0v) is 16.1. The van der Waals surface area contributed by atoms with E-state index in [-0.39, 0.29) is 11.3 Å². The van der Waals surface area contributed by atoms with Gasteiger partial charge in [0, 0.05) is 48.0 Å². The zero-order valence-electron chi connectivity index (χ0n) is 16.1. The van der Waals surface area contributed by atoms with Crippen molar-refractivity contribution in [3.8, 4) is 0 Å². The number of carbonyl (C=O) groups excluding carboxylic acids is 1. The van der Waals surface area contributed by atoms with E-state index in [1.165, 1.54) is 5.56 Å². The van der Waals surface area contributed by atoms with Gasteiger partial charge in [0.25, 0.3) is 5.91 Å². The number of rotatable bonds is 5. The number of carbonyl (C=O) groups is 1. The van der Waals surface area contributed by atoms with Crippen LogP contribution in [-0.2, 0) is 12.0 Å². The third-order valence-electron chi connectivity index (χ3n) is 5.13.